The third-order valence-electron chi connectivity index (χ3n) is 4.41. The Morgan fingerprint density at radius 3 is 1.29 bits per heavy atom. The predicted octanol–water partition coefficient (Wildman–Crippen LogP) is 5.95. The van der Waals surface area contributed by atoms with Crippen LogP contribution in [-0.4, -0.2) is 23.4 Å². The number of unbranched alkanes of at least 4 members (excludes halogenated alkanes) is 7. The number of benzene rings is 2. The lowest BCUT2D eigenvalue weighted by Crippen LogP contribution is -1.98. The molecule has 0 aromatic heterocycles. The van der Waals surface area contributed by atoms with Crippen LogP contribution in [0.25, 0.3) is 0 Å². The summed E-state index contributed by atoms with van der Waals surface area (Å²) in [4.78, 5) is 0. The molecule has 2 aromatic carbocycles. The van der Waals surface area contributed by atoms with E-state index in [1.807, 2.05) is 0 Å². The quantitative estimate of drug-likeness (QED) is 0.412. The molecule has 0 atom stereocenters. The maximum absolute atomic E-state index is 12.9. The summed E-state index contributed by atoms with van der Waals surface area (Å²) in [5.74, 6) is -1.10. The molecular weight excluding hydrogens is 366 g/mol. The van der Waals surface area contributed by atoms with Crippen LogP contribution in [0.1, 0.15) is 51.4 Å². The molecule has 2 rings (SSSR count). The van der Waals surface area contributed by atoms with Gasteiger partial charge in [-0.3, -0.25) is 0 Å². The zero-order chi connectivity index (χ0) is 20.2. The fourth-order valence-electron chi connectivity index (χ4n) is 2.81. The Morgan fingerprint density at radius 1 is 0.571 bits per heavy atom. The summed E-state index contributed by atoms with van der Waals surface area (Å²) in [6.07, 6.45) is 8.63. The standard InChI is InChI=1S/C22H28F2O4/c23-19-11-9-17(15-21(19)25)27-13-7-5-3-1-2-4-6-8-14-28-18-10-12-20(24)22(26)16-18/h9-12,15-16,25-26H,1-8,13-14H2. The average Bonchev–Trinajstić information content (AvgIpc) is 2.68. The molecule has 0 saturated heterocycles. The lowest BCUT2D eigenvalue weighted by Gasteiger charge is -2.07. The third kappa shape index (κ3) is 8.03. The largest absolute Gasteiger partial charge is 0.505 e. The van der Waals surface area contributed by atoms with Crippen LogP contribution < -0.4 is 9.47 Å². The van der Waals surface area contributed by atoms with E-state index in [9.17, 15) is 19.0 Å². The zero-order valence-electron chi connectivity index (χ0n) is 16.0. The van der Waals surface area contributed by atoms with Gasteiger partial charge in [0.05, 0.1) is 13.2 Å². The Labute approximate surface area is 164 Å². The normalized spacial score (nSPS) is 10.8. The number of rotatable bonds is 13. The van der Waals surface area contributed by atoms with Crippen molar-refractivity contribution < 1.29 is 28.5 Å². The van der Waals surface area contributed by atoms with E-state index in [-0.39, 0.29) is 0 Å². The second kappa shape index (κ2) is 12.1. The molecule has 0 radical (unpaired) electrons. The number of phenolic OH excluding ortho intramolecular Hbond substituents is 2. The minimum Gasteiger partial charge on any atom is -0.505 e. The minimum atomic E-state index is -0.645. The van der Waals surface area contributed by atoms with Crippen LogP contribution in [0.3, 0.4) is 0 Å². The SMILES string of the molecule is Oc1cc(OCCCCCCCCCCOc2ccc(F)c(O)c2)ccc1F. The van der Waals surface area contributed by atoms with E-state index in [1.165, 1.54) is 49.2 Å². The van der Waals surface area contributed by atoms with Crippen molar-refractivity contribution >= 4 is 0 Å². The minimum absolute atomic E-state index is 0.390. The van der Waals surface area contributed by atoms with E-state index in [1.54, 1.807) is 0 Å². The second-order valence-corrected chi connectivity index (χ2v) is 6.75. The molecule has 0 bridgehead atoms. The number of hydrogen-bond donors (Lipinski definition) is 2. The first-order chi connectivity index (χ1) is 13.6. The lowest BCUT2D eigenvalue weighted by molar-refractivity contribution is 0.298. The fourth-order valence-corrected chi connectivity index (χ4v) is 2.81. The number of aromatic hydroxyl groups is 2. The molecule has 0 aliphatic rings. The van der Waals surface area contributed by atoms with Crippen LogP contribution in [0.5, 0.6) is 23.0 Å². The molecular formula is C22H28F2O4. The van der Waals surface area contributed by atoms with E-state index in [4.69, 9.17) is 9.47 Å². The molecule has 0 aliphatic heterocycles. The van der Waals surface area contributed by atoms with Crippen molar-refractivity contribution in [3.8, 4) is 23.0 Å². The molecule has 2 aromatic rings. The summed E-state index contributed by atoms with van der Waals surface area (Å²) >= 11 is 0. The van der Waals surface area contributed by atoms with E-state index < -0.39 is 23.1 Å². The average molecular weight is 394 g/mol. The van der Waals surface area contributed by atoms with Crippen LogP contribution in [0.15, 0.2) is 36.4 Å². The van der Waals surface area contributed by atoms with Gasteiger partial charge in [0.25, 0.3) is 0 Å². The predicted molar refractivity (Wildman–Crippen MR) is 104 cm³/mol. The molecule has 0 unspecified atom stereocenters. The van der Waals surface area contributed by atoms with E-state index in [0.29, 0.717) is 24.7 Å². The topological polar surface area (TPSA) is 58.9 Å². The van der Waals surface area contributed by atoms with Crippen molar-refractivity contribution in [2.24, 2.45) is 0 Å². The highest BCUT2D eigenvalue weighted by Gasteiger charge is 2.03. The highest BCUT2D eigenvalue weighted by molar-refractivity contribution is 5.33. The second-order valence-electron chi connectivity index (χ2n) is 6.75. The lowest BCUT2D eigenvalue weighted by atomic mass is 10.1. The summed E-state index contributed by atoms with van der Waals surface area (Å²) in [5.41, 5.74) is 0. The third-order valence-corrected chi connectivity index (χ3v) is 4.41. The van der Waals surface area contributed by atoms with Gasteiger partial charge in [-0.2, -0.15) is 0 Å². The highest BCUT2D eigenvalue weighted by Crippen LogP contribution is 2.23. The molecule has 0 amide bonds. The zero-order valence-corrected chi connectivity index (χ0v) is 16.0. The van der Waals surface area contributed by atoms with Crippen LogP contribution in [-0.2, 0) is 0 Å². The molecule has 0 aliphatic carbocycles. The number of halogens is 2. The first-order valence-corrected chi connectivity index (χ1v) is 9.79. The van der Waals surface area contributed by atoms with Crippen LogP contribution >= 0.6 is 0 Å². The molecule has 28 heavy (non-hydrogen) atoms. The van der Waals surface area contributed by atoms with Crippen molar-refractivity contribution in [2.45, 2.75) is 51.4 Å². The summed E-state index contributed by atoms with van der Waals surface area (Å²) in [6, 6.07) is 7.99. The van der Waals surface area contributed by atoms with Gasteiger partial charge in [-0.1, -0.05) is 38.5 Å². The Balaban J connectivity index is 1.39. The summed E-state index contributed by atoms with van der Waals surface area (Å²) in [7, 11) is 0. The maximum Gasteiger partial charge on any atom is 0.165 e. The van der Waals surface area contributed by atoms with Crippen molar-refractivity contribution in [1.82, 2.24) is 0 Å². The van der Waals surface area contributed by atoms with Crippen LogP contribution in [0.2, 0.25) is 0 Å². The molecule has 0 heterocycles. The number of hydrogen-bond acceptors (Lipinski definition) is 4. The van der Waals surface area contributed by atoms with Gasteiger partial charge >= 0.3 is 0 Å². The van der Waals surface area contributed by atoms with E-state index >= 15 is 0 Å². The molecule has 154 valence electrons. The molecule has 2 N–H and O–H groups in total. The van der Waals surface area contributed by atoms with Gasteiger partial charge in [0.2, 0.25) is 0 Å². The Kier molecular flexibility index (Phi) is 9.39. The van der Waals surface area contributed by atoms with Gasteiger partial charge in [-0.15, -0.1) is 0 Å². The van der Waals surface area contributed by atoms with Crippen LogP contribution in [0.4, 0.5) is 8.78 Å². The Hall–Kier alpha value is -2.50. The van der Waals surface area contributed by atoms with Gasteiger partial charge in [0, 0.05) is 12.1 Å². The van der Waals surface area contributed by atoms with Gasteiger partial charge in [-0.25, -0.2) is 8.78 Å². The van der Waals surface area contributed by atoms with E-state index in [0.717, 1.165) is 38.5 Å². The summed E-state index contributed by atoms with van der Waals surface area (Å²) in [5, 5.41) is 18.5. The van der Waals surface area contributed by atoms with Crippen molar-refractivity contribution in [3.05, 3.63) is 48.0 Å². The molecule has 6 heteroatoms. The summed E-state index contributed by atoms with van der Waals surface area (Å²) in [6.45, 7) is 1.11. The molecule has 0 fully saturated rings. The van der Waals surface area contributed by atoms with Crippen molar-refractivity contribution in [1.29, 1.82) is 0 Å². The highest BCUT2D eigenvalue weighted by atomic mass is 19.1. The first-order valence-electron chi connectivity index (χ1n) is 9.79. The Bertz CT molecular complexity index is 660. The van der Waals surface area contributed by atoms with Gasteiger partial charge in [0.15, 0.2) is 23.1 Å². The van der Waals surface area contributed by atoms with Crippen molar-refractivity contribution in [3.63, 3.8) is 0 Å². The molecule has 0 spiro atoms. The van der Waals surface area contributed by atoms with Gasteiger partial charge in [-0.05, 0) is 37.1 Å². The number of ether oxygens (including phenoxy) is 2. The smallest absolute Gasteiger partial charge is 0.165 e. The maximum atomic E-state index is 12.9. The van der Waals surface area contributed by atoms with Crippen LogP contribution in [0, 0.1) is 11.6 Å². The number of phenols is 2. The summed E-state index contributed by atoms with van der Waals surface area (Å²) < 4.78 is 36.8. The Morgan fingerprint density at radius 2 is 0.929 bits per heavy atom. The monoisotopic (exact) mass is 394 g/mol. The van der Waals surface area contributed by atoms with Crippen molar-refractivity contribution in [2.75, 3.05) is 13.2 Å². The fraction of sp³-hybridized carbons (Fsp3) is 0.455. The molecule has 0 saturated carbocycles. The van der Waals surface area contributed by atoms with Gasteiger partial charge in [0.1, 0.15) is 11.5 Å². The van der Waals surface area contributed by atoms with Gasteiger partial charge < -0.3 is 19.7 Å². The first kappa shape index (κ1) is 21.8. The van der Waals surface area contributed by atoms with E-state index in [2.05, 4.69) is 0 Å². The molecule has 4 nitrogen and oxygen atoms in total.